The Balaban J connectivity index is 1.46. The number of fused-ring (bicyclic) bond motifs is 1. The summed E-state index contributed by atoms with van der Waals surface area (Å²) in [6.07, 6.45) is 0. The summed E-state index contributed by atoms with van der Waals surface area (Å²) in [6.45, 7) is 2.01. The first-order chi connectivity index (χ1) is 15.5. The second-order valence-electron chi connectivity index (χ2n) is 7.20. The maximum atomic E-state index is 11.6. The fourth-order valence-corrected chi connectivity index (χ4v) is 3.14. The Bertz CT molecular complexity index is 1330. The first-order valence-electron chi connectivity index (χ1n) is 10.0. The lowest BCUT2D eigenvalue weighted by Crippen LogP contribution is -2.17. The molecule has 0 fully saturated rings. The summed E-state index contributed by atoms with van der Waals surface area (Å²) in [6, 6.07) is 23.5. The summed E-state index contributed by atoms with van der Waals surface area (Å²) in [4.78, 5) is 11.6. The molecule has 0 saturated carbocycles. The fourth-order valence-electron chi connectivity index (χ4n) is 3.14. The fraction of sp³-hybridized carbons (Fsp3) is 0.0800. The van der Waals surface area contributed by atoms with Crippen molar-refractivity contribution in [3.8, 4) is 5.75 Å². The Morgan fingerprint density at radius 1 is 0.750 bits per heavy atom. The van der Waals surface area contributed by atoms with Crippen LogP contribution >= 0.6 is 0 Å². The maximum Gasteiger partial charge on any atom is 0.251 e. The van der Waals surface area contributed by atoms with Crippen LogP contribution in [0.25, 0.3) is 10.8 Å². The van der Waals surface area contributed by atoms with Crippen molar-refractivity contribution in [1.29, 1.82) is 0 Å². The minimum absolute atomic E-state index is 0.110. The molecule has 0 heterocycles. The van der Waals surface area contributed by atoms with Crippen LogP contribution in [0.1, 0.15) is 15.9 Å². The molecule has 0 unspecified atom stereocenters. The minimum atomic E-state index is -0.148. The number of hydrogen-bond donors (Lipinski definition) is 2. The van der Waals surface area contributed by atoms with E-state index in [0.717, 1.165) is 16.3 Å². The van der Waals surface area contributed by atoms with Crippen molar-refractivity contribution in [3.05, 3.63) is 90.0 Å². The third kappa shape index (κ3) is 4.67. The summed E-state index contributed by atoms with van der Waals surface area (Å²) in [7, 11) is 1.59. The first kappa shape index (κ1) is 20.9. The second-order valence-corrected chi connectivity index (χ2v) is 7.20. The lowest BCUT2D eigenvalue weighted by Gasteiger charge is -2.04. The molecule has 0 atom stereocenters. The number of hydrogen-bond acceptors (Lipinski definition) is 6. The van der Waals surface area contributed by atoms with Crippen molar-refractivity contribution in [2.45, 2.75) is 6.92 Å². The number of benzene rings is 4. The molecular formula is C25H21N5O2. The van der Waals surface area contributed by atoms with Gasteiger partial charge in [0.05, 0.1) is 17.1 Å². The molecule has 0 aromatic heterocycles. The number of rotatable bonds is 5. The predicted octanol–water partition coefficient (Wildman–Crippen LogP) is 7.04. The van der Waals surface area contributed by atoms with Crippen LogP contribution in [0, 0.1) is 6.92 Å². The quantitative estimate of drug-likeness (QED) is 0.336. The molecule has 0 saturated heterocycles. The van der Waals surface area contributed by atoms with Crippen molar-refractivity contribution in [2.75, 3.05) is 7.05 Å². The van der Waals surface area contributed by atoms with Crippen LogP contribution in [-0.2, 0) is 0 Å². The normalized spacial score (nSPS) is 11.4. The van der Waals surface area contributed by atoms with Gasteiger partial charge in [0.2, 0.25) is 0 Å². The van der Waals surface area contributed by atoms with Crippen LogP contribution in [0.15, 0.2) is 99.3 Å². The molecule has 4 aromatic carbocycles. The van der Waals surface area contributed by atoms with E-state index >= 15 is 0 Å². The number of carbonyl (C=O) groups is 1. The number of phenols is 1. The molecule has 0 bridgehead atoms. The summed E-state index contributed by atoms with van der Waals surface area (Å²) in [5.74, 6) is -0.0375. The largest absolute Gasteiger partial charge is 0.505 e. The van der Waals surface area contributed by atoms with Gasteiger partial charge in [0, 0.05) is 18.0 Å². The third-order valence-electron chi connectivity index (χ3n) is 4.89. The van der Waals surface area contributed by atoms with Gasteiger partial charge in [-0.2, -0.15) is 15.3 Å². The molecule has 1 amide bonds. The number of aromatic hydroxyl groups is 1. The van der Waals surface area contributed by atoms with E-state index in [1.54, 1.807) is 61.6 Å². The van der Waals surface area contributed by atoms with Crippen molar-refractivity contribution in [1.82, 2.24) is 5.32 Å². The predicted molar refractivity (Wildman–Crippen MR) is 125 cm³/mol. The monoisotopic (exact) mass is 423 g/mol. The van der Waals surface area contributed by atoms with Gasteiger partial charge in [0.25, 0.3) is 5.91 Å². The minimum Gasteiger partial charge on any atom is -0.505 e. The topological polar surface area (TPSA) is 98.8 Å². The van der Waals surface area contributed by atoms with Crippen LogP contribution in [0.4, 0.5) is 22.7 Å². The van der Waals surface area contributed by atoms with Gasteiger partial charge in [-0.25, -0.2) is 0 Å². The van der Waals surface area contributed by atoms with Gasteiger partial charge in [-0.3, -0.25) is 4.79 Å². The highest BCUT2D eigenvalue weighted by molar-refractivity contribution is 5.94. The first-order valence-corrected chi connectivity index (χ1v) is 10.0. The SMILES string of the molecule is CNC(=O)c1ccc(N=Nc2ccc(N=Nc3ccc4cc(C)ccc4c3O)cc2)cc1. The van der Waals surface area contributed by atoms with Crippen molar-refractivity contribution >= 4 is 39.4 Å². The zero-order chi connectivity index (χ0) is 22.5. The van der Waals surface area contributed by atoms with E-state index in [1.165, 1.54) is 0 Å². The molecule has 32 heavy (non-hydrogen) atoms. The molecule has 7 nitrogen and oxygen atoms in total. The lowest BCUT2D eigenvalue weighted by atomic mass is 10.1. The van der Waals surface area contributed by atoms with Crippen LogP contribution < -0.4 is 5.32 Å². The Morgan fingerprint density at radius 2 is 1.31 bits per heavy atom. The van der Waals surface area contributed by atoms with Crippen molar-refractivity contribution in [3.63, 3.8) is 0 Å². The summed E-state index contributed by atoms with van der Waals surface area (Å²) in [5.41, 5.74) is 4.03. The molecule has 0 aliphatic carbocycles. The zero-order valence-electron chi connectivity index (χ0n) is 17.6. The van der Waals surface area contributed by atoms with Gasteiger partial charge in [-0.05, 0) is 66.9 Å². The van der Waals surface area contributed by atoms with E-state index in [4.69, 9.17) is 0 Å². The standard InChI is InChI=1S/C25H21N5O2/c1-16-3-13-22-18(15-16)6-14-23(24(22)31)30-29-21-11-9-20(10-12-21)28-27-19-7-4-17(5-8-19)25(32)26-2/h3-15,31H,1-2H3,(H,26,32). The van der Waals surface area contributed by atoms with Gasteiger partial charge in [-0.15, -0.1) is 5.11 Å². The van der Waals surface area contributed by atoms with Crippen molar-refractivity contribution < 1.29 is 9.90 Å². The highest BCUT2D eigenvalue weighted by Gasteiger charge is 2.06. The maximum absolute atomic E-state index is 11.6. The number of aryl methyl sites for hydroxylation is 1. The number of amides is 1. The van der Waals surface area contributed by atoms with Gasteiger partial charge < -0.3 is 10.4 Å². The molecular weight excluding hydrogens is 402 g/mol. The average Bonchev–Trinajstić information content (AvgIpc) is 2.83. The van der Waals surface area contributed by atoms with Gasteiger partial charge >= 0.3 is 0 Å². The molecule has 4 aromatic rings. The third-order valence-corrected chi connectivity index (χ3v) is 4.89. The number of nitrogens with zero attached hydrogens (tertiary/aromatic N) is 4. The number of nitrogens with one attached hydrogen (secondary N) is 1. The van der Waals surface area contributed by atoms with E-state index in [-0.39, 0.29) is 11.7 Å². The van der Waals surface area contributed by atoms with Crippen LogP contribution in [-0.4, -0.2) is 18.1 Å². The Labute approximate surface area is 185 Å². The molecule has 0 spiro atoms. The van der Waals surface area contributed by atoms with E-state index in [2.05, 4.69) is 25.8 Å². The van der Waals surface area contributed by atoms with Crippen molar-refractivity contribution in [2.24, 2.45) is 20.5 Å². The Morgan fingerprint density at radius 3 is 1.91 bits per heavy atom. The molecule has 4 rings (SSSR count). The average molecular weight is 423 g/mol. The number of carbonyl (C=O) groups excluding carboxylic acids is 1. The zero-order valence-corrected chi connectivity index (χ0v) is 17.6. The Hall–Kier alpha value is -4.39. The van der Waals surface area contributed by atoms with Crippen LogP contribution in [0.3, 0.4) is 0 Å². The van der Waals surface area contributed by atoms with E-state index in [1.807, 2.05) is 31.2 Å². The van der Waals surface area contributed by atoms with E-state index < -0.39 is 0 Å². The smallest absolute Gasteiger partial charge is 0.251 e. The second kappa shape index (κ2) is 9.18. The van der Waals surface area contributed by atoms with Crippen LogP contribution in [0.5, 0.6) is 5.75 Å². The van der Waals surface area contributed by atoms with E-state index in [9.17, 15) is 9.90 Å². The van der Waals surface area contributed by atoms with Gasteiger partial charge in [0.1, 0.15) is 5.69 Å². The molecule has 158 valence electrons. The molecule has 0 radical (unpaired) electrons. The lowest BCUT2D eigenvalue weighted by molar-refractivity contribution is 0.0963. The summed E-state index contributed by atoms with van der Waals surface area (Å²) in [5, 5.41) is 31.5. The molecule has 0 aliphatic rings. The van der Waals surface area contributed by atoms with E-state index in [0.29, 0.717) is 28.3 Å². The van der Waals surface area contributed by atoms with Gasteiger partial charge in [0.15, 0.2) is 5.75 Å². The number of azo groups is 2. The van der Waals surface area contributed by atoms with Crippen LogP contribution in [0.2, 0.25) is 0 Å². The number of phenolic OH excluding ortho intramolecular Hbond substituents is 1. The Kier molecular flexibility index (Phi) is 5.98. The van der Waals surface area contributed by atoms with Gasteiger partial charge in [-0.1, -0.05) is 29.8 Å². The molecule has 2 N–H and O–H groups in total. The summed E-state index contributed by atoms with van der Waals surface area (Å²) >= 11 is 0. The highest BCUT2D eigenvalue weighted by Crippen LogP contribution is 2.36. The highest BCUT2D eigenvalue weighted by atomic mass is 16.3. The molecule has 7 heteroatoms. The molecule has 0 aliphatic heterocycles. The summed E-state index contributed by atoms with van der Waals surface area (Å²) < 4.78 is 0.